The van der Waals surface area contributed by atoms with Crippen LogP contribution in [0.2, 0.25) is 5.02 Å². The predicted molar refractivity (Wildman–Crippen MR) is 124 cm³/mol. The second-order valence-corrected chi connectivity index (χ2v) is 7.80. The van der Waals surface area contributed by atoms with Crippen LogP contribution in [0.5, 0.6) is 0 Å². The first-order valence-electron chi connectivity index (χ1n) is 9.76. The van der Waals surface area contributed by atoms with Crippen molar-refractivity contribution in [2.75, 3.05) is 27.9 Å². The molecule has 3 heterocycles. The normalized spacial score (nSPS) is 13.4. The van der Waals surface area contributed by atoms with Gasteiger partial charge in [0.25, 0.3) is 5.91 Å². The van der Waals surface area contributed by atoms with Crippen LogP contribution in [-0.2, 0) is 6.54 Å². The van der Waals surface area contributed by atoms with Gasteiger partial charge < -0.3 is 16.0 Å². The highest BCUT2D eigenvalue weighted by Gasteiger charge is 2.31. The second kappa shape index (κ2) is 7.54. The summed E-state index contributed by atoms with van der Waals surface area (Å²) in [5, 5.41) is 4.17. The summed E-state index contributed by atoms with van der Waals surface area (Å²) in [6.45, 7) is 0.220. The Kier molecular flexibility index (Phi) is 4.67. The number of hydrogen-bond acceptors (Lipinski definition) is 5. The molecular formula is C22H18ClN7O2. The van der Waals surface area contributed by atoms with E-state index in [9.17, 15) is 9.59 Å². The van der Waals surface area contributed by atoms with E-state index in [1.165, 1.54) is 9.80 Å². The van der Waals surface area contributed by atoms with E-state index in [1.807, 2.05) is 24.3 Å². The summed E-state index contributed by atoms with van der Waals surface area (Å²) in [4.78, 5) is 40.0. The summed E-state index contributed by atoms with van der Waals surface area (Å²) < 4.78 is 0. The molecule has 32 heavy (non-hydrogen) atoms. The number of carbonyl (C=O) groups excluding carboxylic acids is 2. The van der Waals surface area contributed by atoms with E-state index in [4.69, 9.17) is 17.3 Å². The SMILES string of the molecule is CN1C(=O)N(c2cc(NC(=O)c3cc4ccccc4[nH]3)ccc2Cl)Cc2cnc(N)nc21. The molecule has 9 nitrogen and oxygen atoms in total. The molecule has 4 N–H and O–H groups in total. The van der Waals surface area contributed by atoms with Gasteiger partial charge >= 0.3 is 6.03 Å². The molecule has 0 spiro atoms. The first-order valence-corrected chi connectivity index (χ1v) is 10.1. The molecule has 2 aromatic heterocycles. The Morgan fingerprint density at radius 1 is 1.22 bits per heavy atom. The van der Waals surface area contributed by atoms with Crippen molar-refractivity contribution < 1.29 is 9.59 Å². The minimum Gasteiger partial charge on any atom is -0.368 e. The Balaban J connectivity index is 1.44. The zero-order valence-electron chi connectivity index (χ0n) is 17.0. The monoisotopic (exact) mass is 447 g/mol. The van der Waals surface area contributed by atoms with Crippen LogP contribution in [0.4, 0.5) is 27.9 Å². The lowest BCUT2D eigenvalue weighted by Gasteiger charge is -2.34. The molecule has 160 valence electrons. The smallest absolute Gasteiger partial charge is 0.330 e. The number of aromatic nitrogens is 3. The summed E-state index contributed by atoms with van der Waals surface area (Å²) in [5.41, 5.74) is 8.65. The van der Waals surface area contributed by atoms with Gasteiger partial charge in [-0.05, 0) is 30.3 Å². The van der Waals surface area contributed by atoms with Crippen LogP contribution >= 0.6 is 11.6 Å². The van der Waals surface area contributed by atoms with Crippen LogP contribution in [-0.4, -0.2) is 33.9 Å². The number of halogens is 1. The van der Waals surface area contributed by atoms with E-state index in [0.717, 1.165) is 16.5 Å². The Labute approximate surface area is 187 Å². The standard InChI is InChI=1S/C22H18ClN7O2/c1-29-19-13(10-25-21(24)28-19)11-30(22(29)32)18-9-14(6-7-15(18)23)26-20(31)17-8-12-4-2-3-5-16(12)27-17/h2-10,27H,11H2,1H3,(H,26,31)(H2,24,25,28). The average Bonchev–Trinajstić information content (AvgIpc) is 3.23. The molecule has 0 unspecified atom stereocenters. The molecule has 10 heteroatoms. The van der Waals surface area contributed by atoms with E-state index >= 15 is 0 Å². The van der Waals surface area contributed by atoms with Crippen molar-refractivity contribution >= 4 is 57.6 Å². The topological polar surface area (TPSA) is 120 Å². The van der Waals surface area contributed by atoms with Crippen molar-refractivity contribution in [1.82, 2.24) is 15.0 Å². The number of para-hydroxylation sites is 1. The number of hydrogen-bond donors (Lipinski definition) is 3. The third-order valence-corrected chi connectivity index (χ3v) is 5.61. The summed E-state index contributed by atoms with van der Waals surface area (Å²) in [6, 6.07) is 14.1. The highest BCUT2D eigenvalue weighted by molar-refractivity contribution is 6.34. The molecule has 5 rings (SSSR count). The molecule has 0 saturated carbocycles. The van der Waals surface area contributed by atoms with Gasteiger partial charge in [-0.2, -0.15) is 4.98 Å². The van der Waals surface area contributed by atoms with Crippen LogP contribution in [0.3, 0.4) is 0 Å². The number of urea groups is 1. The summed E-state index contributed by atoms with van der Waals surface area (Å²) in [6.07, 6.45) is 1.59. The van der Waals surface area contributed by atoms with Crippen molar-refractivity contribution in [3.63, 3.8) is 0 Å². The molecule has 0 aliphatic carbocycles. The molecule has 4 aromatic rings. The highest BCUT2D eigenvalue weighted by Crippen LogP contribution is 2.35. The van der Waals surface area contributed by atoms with Crippen LogP contribution < -0.4 is 20.9 Å². The van der Waals surface area contributed by atoms with Crippen molar-refractivity contribution in [1.29, 1.82) is 0 Å². The minimum atomic E-state index is -0.323. The third-order valence-electron chi connectivity index (χ3n) is 5.29. The number of fused-ring (bicyclic) bond motifs is 2. The number of anilines is 4. The van der Waals surface area contributed by atoms with Gasteiger partial charge in [0.15, 0.2) is 0 Å². The van der Waals surface area contributed by atoms with Gasteiger partial charge in [0, 0.05) is 35.4 Å². The van der Waals surface area contributed by atoms with Crippen molar-refractivity contribution in [2.24, 2.45) is 0 Å². The molecule has 0 radical (unpaired) electrons. The molecule has 1 aliphatic heterocycles. The third kappa shape index (κ3) is 3.38. The number of nitrogen functional groups attached to an aromatic ring is 1. The molecule has 0 fully saturated rings. The maximum Gasteiger partial charge on any atom is 0.330 e. The van der Waals surface area contributed by atoms with Gasteiger partial charge in [0.05, 0.1) is 17.3 Å². The van der Waals surface area contributed by atoms with E-state index in [2.05, 4.69) is 20.3 Å². The van der Waals surface area contributed by atoms with Gasteiger partial charge in [-0.3, -0.25) is 14.6 Å². The number of carbonyl (C=O) groups is 2. The number of rotatable bonds is 3. The van der Waals surface area contributed by atoms with Crippen LogP contribution in [0, 0.1) is 0 Å². The number of H-pyrrole nitrogens is 1. The van der Waals surface area contributed by atoms with Crippen molar-refractivity contribution in [3.05, 3.63) is 71.0 Å². The van der Waals surface area contributed by atoms with E-state index in [1.54, 1.807) is 37.5 Å². The van der Waals surface area contributed by atoms with E-state index < -0.39 is 0 Å². The molecule has 3 amide bonds. The van der Waals surface area contributed by atoms with Gasteiger partial charge in [-0.25, -0.2) is 9.78 Å². The van der Waals surface area contributed by atoms with Crippen molar-refractivity contribution in [2.45, 2.75) is 6.54 Å². The fourth-order valence-electron chi connectivity index (χ4n) is 3.70. The zero-order valence-corrected chi connectivity index (χ0v) is 17.7. The Morgan fingerprint density at radius 2 is 2.03 bits per heavy atom. The quantitative estimate of drug-likeness (QED) is 0.438. The lowest BCUT2D eigenvalue weighted by molar-refractivity contribution is 0.102. The van der Waals surface area contributed by atoms with Gasteiger partial charge in [-0.1, -0.05) is 29.8 Å². The molecule has 0 bridgehead atoms. The van der Waals surface area contributed by atoms with Gasteiger partial charge in [0.1, 0.15) is 11.5 Å². The first kappa shape index (κ1) is 19.8. The minimum absolute atomic E-state index is 0.0940. The van der Waals surface area contributed by atoms with E-state index in [0.29, 0.717) is 27.9 Å². The Hall–Kier alpha value is -4.11. The maximum atomic E-state index is 13.0. The first-order chi connectivity index (χ1) is 15.4. The predicted octanol–water partition coefficient (Wildman–Crippen LogP) is 4.02. The molecule has 0 saturated heterocycles. The fourth-order valence-corrected chi connectivity index (χ4v) is 3.92. The zero-order chi connectivity index (χ0) is 22.4. The molecular weight excluding hydrogens is 430 g/mol. The van der Waals surface area contributed by atoms with Crippen LogP contribution in [0.25, 0.3) is 10.9 Å². The average molecular weight is 448 g/mol. The van der Waals surface area contributed by atoms with Crippen LogP contribution in [0.1, 0.15) is 16.1 Å². The molecule has 0 atom stereocenters. The number of nitrogens with zero attached hydrogens (tertiary/aromatic N) is 4. The number of nitrogens with two attached hydrogens (primary N) is 1. The summed E-state index contributed by atoms with van der Waals surface area (Å²) in [5.74, 6) is 0.250. The van der Waals surface area contributed by atoms with E-state index in [-0.39, 0.29) is 24.4 Å². The molecule has 1 aliphatic rings. The lowest BCUT2D eigenvalue weighted by Crippen LogP contribution is -2.46. The van der Waals surface area contributed by atoms with Crippen molar-refractivity contribution in [3.8, 4) is 0 Å². The van der Waals surface area contributed by atoms with Crippen LogP contribution in [0.15, 0.2) is 54.7 Å². The van der Waals surface area contributed by atoms with Gasteiger partial charge in [0.2, 0.25) is 5.95 Å². The Bertz CT molecular complexity index is 1350. The summed E-state index contributed by atoms with van der Waals surface area (Å²) in [7, 11) is 1.61. The number of aromatic amines is 1. The fraction of sp³-hybridized carbons (Fsp3) is 0.0909. The second-order valence-electron chi connectivity index (χ2n) is 7.40. The highest BCUT2D eigenvalue weighted by atomic mass is 35.5. The number of nitrogens with one attached hydrogen (secondary N) is 2. The number of amides is 3. The Morgan fingerprint density at radius 3 is 2.84 bits per heavy atom. The number of benzene rings is 2. The lowest BCUT2D eigenvalue weighted by atomic mass is 10.2. The maximum absolute atomic E-state index is 13.0. The largest absolute Gasteiger partial charge is 0.368 e. The summed E-state index contributed by atoms with van der Waals surface area (Å²) >= 11 is 6.42. The molecule has 2 aromatic carbocycles. The van der Waals surface area contributed by atoms with Gasteiger partial charge in [-0.15, -0.1) is 0 Å².